The fourth-order valence-electron chi connectivity index (χ4n) is 2.50. The van der Waals surface area contributed by atoms with Gasteiger partial charge in [0.05, 0.1) is 5.25 Å². The monoisotopic (exact) mass is 395 g/mol. The molecule has 0 bridgehead atoms. The number of carbonyl (C=O) groups excluding carboxylic acids is 2. The lowest BCUT2D eigenvalue weighted by Crippen LogP contribution is -2.23. The van der Waals surface area contributed by atoms with Crippen molar-refractivity contribution in [2.24, 2.45) is 0 Å². The molecule has 0 fully saturated rings. The highest BCUT2D eigenvalue weighted by Crippen LogP contribution is 2.25. The second-order valence-electron chi connectivity index (χ2n) is 6.43. The fraction of sp³-hybridized carbons (Fsp3) is 0.200. The Bertz CT molecular complexity index is 996. The number of anilines is 1. The van der Waals surface area contributed by atoms with Crippen molar-refractivity contribution in [3.8, 4) is 11.4 Å². The van der Waals surface area contributed by atoms with Crippen LogP contribution in [0.1, 0.15) is 29.8 Å². The van der Waals surface area contributed by atoms with Gasteiger partial charge < -0.3 is 11.2 Å². The second-order valence-corrected chi connectivity index (χ2v) is 7.73. The van der Waals surface area contributed by atoms with Crippen molar-refractivity contribution in [3.05, 3.63) is 59.7 Å². The Morgan fingerprint density at radius 1 is 1.07 bits per heavy atom. The predicted molar refractivity (Wildman–Crippen MR) is 111 cm³/mol. The zero-order chi connectivity index (χ0) is 20.3. The molecule has 1 amide bonds. The molecule has 8 heteroatoms. The molecule has 1 heterocycles. The molecule has 2 aromatic carbocycles. The van der Waals surface area contributed by atoms with Crippen molar-refractivity contribution < 1.29 is 9.59 Å². The van der Waals surface area contributed by atoms with Crippen LogP contribution >= 0.6 is 11.8 Å². The molecule has 1 atom stereocenters. The minimum atomic E-state index is -0.440. The van der Waals surface area contributed by atoms with E-state index in [-0.39, 0.29) is 11.7 Å². The largest absolute Gasteiger partial charge is 0.335 e. The van der Waals surface area contributed by atoms with Crippen molar-refractivity contribution in [1.82, 2.24) is 14.9 Å². The Morgan fingerprint density at radius 3 is 2.32 bits per heavy atom. The van der Waals surface area contributed by atoms with E-state index in [0.29, 0.717) is 22.2 Å². The van der Waals surface area contributed by atoms with Crippen molar-refractivity contribution in [1.29, 1.82) is 0 Å². The lowest BCUT2D eigenvalue weighted by molar-refractivity contribution is -0.115. The smallest absolute Gasteiger partial charge is 0.237 e. The van der Waals surface area contributed by atoms with Gasteiger partial charge in [-0.15, -0.1) is 10.2 Å². The minimum Gasteiger partial charge on any atom is -0.335 e. The average Bonchev–Trinajstić information content (AvgIpc) is 3.03. The van der Waals surface area contributed by atoms with Crippen LogP contribution in [0.25, 0.3) is 11.4 Å². The number of aromatic nitrogens is 3. The normalized spacial score (nSPS) is 11.8. The highest BCUT2D eigenvalue weighted by atomic mass is 32.2. The van der Waals surface area contributed by atoms with Crippen LogP contribution in [0.5, 0.6) is 0 Å². The van der Waals surface area contributed by atoms with Gasteiger partial charge >= 0.3 is 0 Å². The van der Waals surface area contributed by atoms with Gasteiger partial charge in [0.2, 0.25) is 11.1 Å². The SMILES string of the molecule is CC(=O)c1ccc(NC(=O)C(C)Sc2nnc(-c3ccc(C)cc3)n2N)cc1. The summed E-state index contributed by atoms with van der Waals surface area (Å²) in [5.41, 5.74) is 3.22. The van der Waals surface area contributed by atoms with Gasteiger partial charge in [-0.05, 0) is 45.0 Å². The van der Waals surface area contributed by atoms with E-state index in [1.807, 2.05) is 31.2 Å². The van der Waals surface area contributed by atoms with Gasteiger partial charge in [-0.2, -0.15) is 0 Å². The molecular weight excluding hydrogens is 374 g/mol. The van der Waals surface area contributed by atoms with Crippen LogP contribution in [0.3, 0.4) is 0 Å². The number of hydrogen-bond donors (Lipinski definition) is 2. The number of nitrogen functional groups attached to an aromatic ring is 1. The summed E-state index contributed by atoms with van der Waals surface area (Å²) >= 11 is 1.22. The Hall–Kier alpha value is -3.13. The molecule has 0 saturated carbocycles. The highest BCUT2D eigenvalue weighted by molar-refractivity contribution is 8.00. The number of ketones is 1. The molecule has 0 aliphatic carbocycles. The molecule has 28 heavy (non-hydrogen) atoms. The Kier molecular flexibility index (Phi) is 5.79. The quantitative estimate of drug-likeness (QED) is 0.377. The third-order valence-corrected chi connectivity index (χ3v) is 5.24. The molecule has 3 rings (SSSR count). The lowest BCUT2D eigenvalue weighted by Gasteiger charge is -2.12. The van der Waals surface area contributed by atoms with Gasteiger partial charge in [-0.1, -0.05) is 41.6 Å². The van der Waals surface area contributed by atoms with Gasteiger partial charge in [0.25, 0.3) is 0 Å². The maximum atomic E-state index is 12.5. The van der Waals surface area contributed by atoms with E-state index in [9.17, 15) is 9.59 Å². The number of carbonyl (C=O) groups is 2. The lowest BCUT2D eigenvalue weighted by atomic mass is 10.1. The first kappa shape index (κ1) is 19.6. The summed E-state index contributed by atoms with van der Waals surface area (Å²) in [4.78, 5) is 23.8. The van der Waals surface area contributed by atoms with Crippen LogP contribution in [0, 0.1) is 6.92 Å². The van der Waals surface area contributed by atoms with Gasteiger partial charge in [0, 0.05) is 16.8 Å². The van der Waals surface area contributed by atoms with Crippen molar-refractivity contribution in [3.63, 3.8) is 0 Å². The van der Waals surface area contributed by atoms with Gasteiger partial charge in [-0.3, -0.25) is 9.59 Å². The summed E-state index contributed by atoms with van der Waals surface area (Å²) in [7, 11) is 0. The molecular formula is C20H21N5O2S. The molecule has 0 aliphatic rings. The third-order valence-electron chi connectivity index (χ3n) is 4.18. The number of nitrogens with zero attached hydrogens (tertiary/aromatic N) is 3. The van der Waals surface area contributed by atoms with Gasteiger partial charge in [-0.25, -0.2) is 4.68 Å². The van der Waals surface area contributed by atoms with E-state index in [4.69, 9.17) is 5.84 Å². The number of nitrogens with one attached hydrogen (secondary N) is 1. The number of benzene rings is 2. The topological polar surface area (TPSA) is 103 Å². The Balaban J connectivity index is 1.67. The first-order chi connectivity index (χ1) is 13.3. The summed E-state index contributed by atoms with van der Waals surface area (Å²) in [6.45, 7) is 5.27. The summed E-state index contributed by atoms with van der Waals surface area (Å²) in [6, 6.07) is 14.6. The minimum absolute atomic E-state index is 0.0199. The fourth-order valence-corrected chi connectivity index (χ4v) is 3.27. The maximum absolute atomic E-state index is 12.5. The van der Waals surface area contributed by atoms with E-state index in [1.165, 1.54) is 23.4 Å². The number of Topliss-reactive ketones (excluding diaryl/α,β-unsaturated/α-hetero) is 1. The number of nitrogens with two attached hydrogens (primary N) is 1. The summed E-state index contributed by atoms with van der Waals surface area (Å²) in [5, 5.41) is 11.1. The number of amides is 1. The van der Waals surface area contributed by atoms with Crippen LogP contribution in [-0.4, -0.2) is 31.8 Å². The van der Waals surface area contributed by atoms with Crippen molar-refractivity contribution >= 4 is 29.1 Å². The van der Waals surface area contributed by atoms with Crippen LogP contribution in [0.15, 0.2) is 53.7 Å². The molecule has 7 nitrogen and oxygen atoms in total. The highest BCUT2D eigenvalue weighted by Gasteiger charge is 2.20. The molecule has 0 spiro atoms. The van der Waals surface area contributed by atoms with E-state index in [1.54, 1.807) is 31.2 Å². The number of hydrogen-bond acceptors (Lipinski definition) is 6. The molecule has 3 N–H and O–H groups in total. The zero-order valence-corrected chi connectivity index (χ0v) is 16.7. The number of aryl methyl sites for hydroxylation is 1. The van der Waals surface area contributed by atoms with Crippen molar-refractivity contribution in [2.45, 2.75) is 31.2 Å². The Morgan fingerprint density at radius 2 is 1.71 bits per heavy atom. The molecule has 1 unspecified atom stereocenters. The van der Waals surface area contributed by atoms with Crippen molar-refractivity contribution in [2.75, 3.05) is 11.2 Å². The van der Waals surface area contributed by atoms with E-state index >= 15 is 0 Å². The second kappa shape index (κ2) is 8.26. The summed E-state index contributed by atoms with van der Waals surface area (Å²) in [6.07, 6.45) is 0. The van der Waals surface area contributed by atoms with Crippen LogP contribution in [-0.2, 0) is 4.79 Å². The average molecular weight is 395 g/mol. The first-order valence-electron chi connectivity index (χ1n) is 8.71. The zero-order valence-electron chi connectivity index (χ0n) is 15.8. The molecule has 3 aromatic rings. The van der Waals surface area contributed by atoms with Gasteiger partial charge in [0.15, 0.2) is 11.6 Å². The Labute approximate surface area is 167 Å². The van der Waals surface area contributed by atoms with Crippen LogP contribution in [0.2, 0.25) is 0 Å². The van der Waals surface area contributed by atoms with E-state index in [2.05, 4.69) is 15.5 Å². The van der Waals surface area contributed by atoms with E-state index in [0.717, 1.165) is 11.1 Å². The first-order valence-corrected chi connectivity index (χ1v) is 9.59. The van der Waals surface area contributed by atoms with Gasteiger partial charge in [0.1, 0.15) is 0 Å². The maximum Gasteiger partial charge on any atom is 0.237 e. The third kappa shape index (κ3) is 4.40. The molecule has 0 radical (unpaired) electrons. The predicted octanol–water partition coefficient (Wildman–Crippen LogP) is 3.29. The van der Waals surface area contributed by atoms with Crippen LogP contribution in [0.4, 0.5) is 5.69 Å². The van der Waals surface area contributed by atoms with Crippen LogP contribution < -0.4 is 11.2 Å². The summed E-state index contributed by atoms with van der Waals surface area (Å²) < 4.78 is 1.39. The molecule has 1 aromatic heterocycles. The number of rotatable bonds is 6. The molecule has 0 aliphatic heterocycles. The van der Waals surface area contributed by atoms with E-state index < -0.39 is 5.25 Å². The molecule has 144 valence electrons. The number of thioether (sulfide) groups is 1. The standard InChI is InChI=1S/C20H21N5O2S/c1-12-4-6-16(7-5-12)18-23-24-20(25(18)21)28-14(3)19(27)22-17-10-8-15(9-11-17)13(2)26/h4-11,14H,21H2,1-3H3,(H,22,27). The molecule has 0 saturated heterocycles. The summed E-state index contributed by atoms with van der Waals surface area (Å²) in [5.74, 6) is 6.45.